The minimum absolute atomic E-state index is 0.340. The van der Waals surface area contributed by atoms with Gasteiger partial charge in [-0.15, -0.1) is 0 Å². The lowest BCUT2D eigenvalue weighted by atomic mass is 10.0. The molecule has 0 aliphatic carbocycles. The molecule has 0 rings (SSSR count). The van der Waals surface area contributed by atoms with Crippen molar-refractivity contribution in [1.82, 2.24) is 0 Å². The minimum Gasteiger partial charge on any atom is -0.450 e. The molecule has 21 heavy (non-hydrogen) atoms. The predicted molar refractivity (Wildman–Crippen MR) is 85.7 cm³/mol. The van der Waals surface area contributed by atoms with E-state index in [2.05, 4.69) is 4.74 Å². The Bertz CT molecular complexity index is 219. The van der Waals surface area contributed by atoms with Crippen molar-refractivity contribution < 1.29 is 19.7 Å². The molecule has 0 amide bonds. The van der Waals surface area contributed by atoms with Crippen LogP contribution in [0, 0.1) is 0 Å². The van der Waals surface area contributed by atoms with Gasteiger partial charge in [0.2, 0.25) is 0 Å². The number of hydrogen-bond acceptors (Lipinski definition) is 3. The second-order valence-corrected chi connectivity index (χ2v) is 5.79. The lowest BCUT2D eigenvalue weighted by Crippen LogP contribution is -2.01. The van der Waals surface area contributed by atoms with E-state index in [1.54, 1.807) is 0 Å². The van der Waals surface area contributed by atoms with E-state index in [4.69, 9.17) is 10.2 Å². The first-order chi connectivity index (χ1) is 10.3. The largest absolute Gasteiger partial charge is 0.505 e. The SMILES string of the molecule is O=C(O)OCCCCCCCCCCCCCCCCO. The summed E-state index contributed by atoms with van der Waals surface area (Å²) in [6, 6.07) is 0. The standard InChI is InChI=1S/C17H34O4/c18-15-13-11-9-7-5-3-1-2-4-6-8-10-12-14-16-21-17(19)20/h18H,1-16H2,(H,19,20). The first kappa shape index (κ1) is 20.2. The maximum Gasteiger partial charge on any atom is 0.505 e. The number of carboxylic acid groups (broad SMARTS) is 1. The zero-order valence-electron chi connectivity index (χ0n) is 13.5. The summed E-state index contributed by atoms with van der Waals surface area (Å²) in [6.07, 6.45) is 16.0. The van der Waals surface area contributed by atoms with Crippen LogP contribution in [0.15, 0.2) is 0 Å². The van der Waals surface area contributed by atoms with Crippen LogP contribution < -0.4 is 0 Å². The first-order valence-electron chi connectivity index (χ1n) is 8.74. The highest BCUT2D eigenvalue weighted by Gasteiger charge is 1.96. The van der Waals surface area contributed by atoms with Crippen LogP contribution in [0.25, 0.3) is 0 Å². The third-order valence-corrected chi connectivity index (χ3v) is 3.78. The van der Waals surface area contributed by atoms with E-state index in [9.17, 15) is 4.79 Å². The van der Waals surface area contributed by atoms with Gasteiger partial charge in [-0.05, 0) is 12.8 Å². The van der Waals surface area contributed by atoms with Crippen LogP contribution in [0.3, 0.4) is 0 Å². The second kappa shape index (κ2) is 17.3. The summed E-state index contributed by atoms with van der Waals surface area (Å²) in [7, 11) is 0. The van der Waals surface area contributed by atoms with Gasteiger partial charge in [0, 0.05) is 6.61 Å². The van der Waals surface area contributed by atoms with Crippen LogP contribution in [0.5, 0.6) is 0 Å². The smallest absolute Gasteiger partial charge is 0.450 e. The lowest BCUT2D eigenvalue weighted by molar-refractivity contribution is 0.0899. The summed E-state index contributed by atoms with van der Waals surface area (Å²) in [5.74, 6) is 0. The molecule has 4 heteroatoms. The summed E-state index contributed by atoms with van der Waals surface area (Å²) in [4.78, 5) is 10.1. The van der Waals surface area contributed by atoms with E-state index in [-0.39, 0.29) is 0 Å². The Labute approximate surface area is 129 Å². The number of ether oxygens (including phenoxy) is 1. The van der Waals surface area contributed by atoms with Gasteiger partial charge in [-0.2, -0.15) is 0 Å². The third-order valence-electron chi connectivity index (χ3n) is 3.78. The number of carbonyl (C=O) groups is 1. The number of unbranched alkanes of at least 4 members (excludes halogenated alkanes) is 13. The zero-order valence-corrected chi connectivity index (χ0v) is 13.5. The van der Waals surface area contributed by atoms with Crippen LogP contribution >= 0.6 is 0 Å². The van der Waals surface area contributed by atoms with Gasteiger partial charge >= 0.3 is 6.16 Å². The molecule has 0 spiro atoms. The van der Waals surface area contributed by atoms with Crippen LogP contribution in [-0.4, -0.2) is 29.6 Å². The van der Waals surface area contributed by atoms with Crippen molar-refractivity contribution in [1.29, 1.82) is 0 Å². The number of aliphatic hydroxyl groups excluding tert-OH is 1. The van der Waals surface area contributed by atoms with E-state index in [1.165, 1.54) is 70.6 Å². The molecule has 0 aromatic heterocycles. The molecule has 0 fully saturated rings. The maximum absolute atomic E-state index is 10.1. The Hall–Kier alpha value is -0.770. The molecule has 0 atom stereocenters. The molecule has 126 valence electrons. The maximum atomic E-state index is 10.1. The normalized spacial score (nSPS) is 10.7. The second-order valence-electron chi connectivity index (χ2n) is 5.79. The van der Waals surface area contributed by atoms with Gasteiger partial charge in [-0.1, -0.05) is 77.0 Å². The van der Waals surface area contributed by atoms with Crippen LogP contribution in [0.1, 0.15) is 89.9 Å². The highest BCUT2D eigenvalue weighted by Crippen LogP contribution is 2.12. The van der Waals surface area contributed by atoms with Gasteiger partial charge in [0.05, 0.1) is 6.61 Å². The Balaban J connectivity index is 2.95. The summed E-state index contributed by atoms with van der Waals surface area (Å²) >= 11 is 0. The number of hydrogen-bond donors (Lipinski definition) is 2. The molecule has 0 unspecified atom stereocenters. The highest BCUT2D eigenvalue weighted by atomic mass is 16.7. The average Bonchev–Trinajstić information content (AvgIpc) is 2.46. The zero-order chi connectivity index (χ0) is 15.6. The fourth-order valence-electron chi connectivity index (χ4n) is 2.49. The Kier molecular flexibility index (Phi) is 16.6. The molecule has 0 saturated carbocycles. The molecule has 0 bridgehead atoms. The molecule has 0 radical (unpaired) electrons. The van der Waals surface area contributed by atoms with Crippen LogP contribution in [0.4, 0.5) is 4.79 Å². The molecule has 0 saturated heterocycles. The molecule has 0 heterocycles. The van der Waals surface area contributed by atoms with E-state index >= 15 is 0 Å². The molecule has 4 nitrogen and oxygen atoms in total. The van der Waals surface area contributed by atoms with Gasteiger partial charge in [0.25, 0.3) is 0 Å². The quantitative estimate of drug-likeness (QED) is 0.306. The van der Waals surface area contributed by atoms with Crippen molar-refractivity contribution in [2.45, 2.75) is 89.9 Å². The van der Waals surface area contributed by atoms with Gasteiger partial charge in [0.1, 0.15) is 0 Å². The van der Waals surface area contributed by atoms with Crippen LogP contribution in [-0.2, 0) is 4.74 Å². The topological polar surface area (TPSA) is 66.8 Å². The van der Waals surface area contributed by atoms with Gasteiger partial charge < -0.3 is 14.9 Å². The molecule has 0 aromatic carbocycles. The fourth-order valence-corrected chi connectivity index (χ4v) is 2.49. The molecular weight excluding hydrogens is 268 g/mol. The average molecular weight is 302 g/mol. The lowest BCUT2D eigenvalue weighted by Gasteiger charge is -2.03. The van der Waals surface area contributed by atoms with Crippen molar-refractivity contribution in [3.8, 4) is 0 Å². The molecular formula is C17H34O4. The van der Waals surface area contributed by atoms with E-state index in [0.717, 1.165) is 19.3 Å². The first-order valence-corrected chi connectivity index (χ1v) is 8.74. The van der Waals surface area contributed by atoms with Crippen molar-refractivity contribution >= 4 is 6.16 Å². The van der Waals surface area contributed by atoms with Gasteiger partial charge in [-0.3, -0.25) is 0 Å². The summed E-state index contributed by atoms with van der Waals surface area (Å²) in [5.41, 5.74) is 0. The Morgan fingerprint density at radius 1 is 0.619 bits per heavy atom. The van der Waals surface area contributed by atoms with E-state index in [1.807, 2.05) is 0 Å². The number of rotatable bonds is 16. The summed E-state index contributed by atoms with van der Waals surface area (Å²) < 4.78 is 4.46. The van der Waals surface area contributed by atoms with Crippen molar-refractivity contribution in [3.05, 3.63) is 0 Å². The van der Waals surface area contributed by atoms with Crippen molar-refractivity contribution in [2.75, 3.05) is 13.2 Å². The molecule has 2 N–H and O–H groups in total. The van der Waals surface area contributed by atoms with Crippen molar-refractivity contribution in [3.63, 3.8) is 0 Å². The predicted octanol–water partition coefficient (Wildman–Crippen LogP) is 5.13. The summed E-state index contributed by atoms with van der Waals surface area (Å²) in [5, 5.41) is 17.0. The molecule has 0 aliphatic heterocycles. The molecule has 0 aromatic rings. The van der Waals surface area contributed by atoms with Crippen molar-refractivity contribution in [2.24, 2.45) is 0 Å². The van der Waals surface area contributed by atoms with Gasteiger partial charge in [-0.25, -0.2) is 4.79 Å². The van der Waals surface area contributed by atoms with Gasteiger partial charge in [0.15, 0.2) is 0 Å². The third kappa shape index (κ3) is 19.2. The summed E-state index contributed by atoms with van der Waals surface area (Å²) in [6.45, 7) is 0.681. The Morgan fingerprint density at radius 2 is 0.952 bits per heavy atom. The van der Waals surface area contributed by atoms with E-state index in [0.29, 0.717) is 13.2 Å². The fraction of sp³-hybridized carbons (Fsp3) is 0.941. The Morgan fingerprint density at radius 3 is 1.29 bits per heavy atom. The van der Waals surface area contributed by atoms with Crippen LogP contribution in [0.2, 0.25) is 0 Å². The minimum atomic E-state index is -1.16. The monoisotopic (exact) mass is 302 g/mol. The molecule has 0 aliphatic rings. The highest BCUT2D eigenvalue weighted by molar-refractivity contribution is 5.56. The van der Waals surface area contributed by atoms with E-state index < -0.39 is 6.16 Å². The number of aliphatic hydroxyl groups is 1.